The average Bonchev–Trinajstić information content (AvgIpc) is 1.14. The van der Waals surface area contributed by atoms with Crippen LogP contribution in [-0.2, 0) is 0 Å². The Morgan fingerprint density at radius 2 is 1.56 bits per heavy atom. The minimum absolute atomic E-state index is 1.55. The maximum atomic E-state index is 7.48. The highest BCUT2D eigenvalue weighted by Crippen LogP contribution is 2.49. The summed E-state index contributed by atoms with van der Waals surface area (Å²) in [5, 5.41) is 7.48. The van der Waals surface area contributed by atoms with Crippen LogP contribution < -0.4 is 5.50 Å². The van der Waals surface area contributed by atoms with E-state index in [9.17, 15) is 0 Å². The van der Waals surface area contributed by atoms with Gasteiger partial charge >= 0.3 is 0 Å². The Morgan fingerprint density at radius 1 is 1.22 bits per heavy atom. The third-order valence-corrected chi connectivity index (χ3v) is 4.09. The van der Waals surface area contributed by atoms with Gasteiger partial charge in [-0.05, 0) is 26.7 Å². The highest BCUT2D eigenvalue weighted by molar-refractivity contribution is 7.73. The Kier molecular flexibility index (Phi) is 2.69. The predicted molar refractivity (Wildman–Crippen MR) is 46.9 cm³/mol. The molecule has 0 aliphatic rings. The molecule has 56 valence electrons. The molecular formula is C4H15N3P2. The molecule has 0 aromatic heterocycles. The molecule has 0 rings (SSSR count). The summed E-state index contributed by atoms with van der Waals surface area (Å²) < 4.78 is 4.21. The van der Waals surface area contributed by atoms with Gasteiger partial charge in [-0.2, -0.15) is 0 Å². The fourth-order valence-corrected chi connectivity index (χ4v) is 5.19. The zero-order valence-corrected chi connectivity index (χ0v) is 8.21. The van der Waals surface area contributed by atoms with Crippen LogP contribution in [0, 0.1) is 5.16 Å². The van der Waals surface area contributed by atoms with Crippen molar-refractivity contribution in [3.8, 4) is 0 Å². The Hall–Kier alpha value is 0.420. The van der Waals surface area contributed by atoms with E-state index >= 15 is 0 Å². The molecule has 0 heterocycles. The molecule has 0 fully saturated rings. The minimum atomic E-state index is -1.74. The zero-order valence-electron chi connectivity index (χ0n) is 6.42. The number of hydrogen-bond donors (Lipinski definition) is 2. The van der Waals surface area contributed by atoms with E-state index in [0.29, 0.717) is 0 Å². The summed E-state index contributed by atoms with van der Waals surface area (Å²) in [5.41, 5.74) is 5.67. The molecule has 3 nitrogen and oxygen atoms in total. The van der Waals surface area contributed by atoms with Crippen molar-refractivity contribution in [1.82, 2.24) is 0 Å². The van der Waals surface area contributed by atoms with Crippen molar-refractivity contribution < 1.29 is 0 Å². The Balaban J connectivity index is 4.53. The lowest BCUT2D eigenvalue weighted by atomic mass is 11.9. The normalized spacial score (nSPS) is 13.4. The quantitative estimate of drug-likeness (QED) is 0.578. The molecule has 9 heavy (non-hydrogen) atoms. The van der Waals surface area contributed by atoms with Crippen molar-refractivity contribution in [2.75, 3.05) is 26.7 Å². The van der Waals surface area contributed by atoms with Crippen molar-refractivity contribution in [1.29, 1.82) is 5.16 Å². The van der Waals surface area contributed by atoms with E-state index in [2.05, 4.69) is 4.52 Å². The number of nitrogens with zero attached hydrogens (tertiary/aromatic N) is 1. The van der Waals surface area contributed by atoms with Crippen molar-refractivity contribution >= 4 is 14.4 Å². The molecule has 0 saturated carbocycles. The van der Waals surface area contributed by atoms with Crippen LogP contribution in [-0.4, -0.2) is 26.7 Å². The fourth-order valence-electron chi connectivity index (χ4n) is 0.576. The first-order valence-electron chi connectivity index (χ1n) is 2.67. The van der Waals surface area contributed by atoms with Crippen molar-refractivity contribution in [3.63, 3.8) is 0 Å². The molecule has 0 spiro atoms. The number of nitrogens with one attached hydrogen (secondary N) is 1. The van der Waals surface area contributed by atoms with Crippen molar-refractivity contribution in [2.45, 2.75) is 0 Å². The van der Waals surface area contributed by atoms with Crippen LogP contribution in [0.5, 0.6) is 0 Å². The van der Waals surface area contributed by atoms with Gasteiger partial charge in [-0.3, -0.25) is 15.2 Å². The van der Waals surface area contributed by atoms with E-state index in [1.54, 1.807) is 0 Å². The van der Waals surface area contributed by atoms with Crippen LogP contribution in [0.2, 0.25) is 0 Å². The number of hydrogen-bond acceptors (Lipinski definition) is 1. The second-order valence-electron chi connectivity index (χ2n) is 2.96. The van der Waals surface area contributed by atoms with E-state index in [4.69, 9.17) is 10.7 Å². The Labute approximate surface area is 57.1 Å². The second-order valence-corrected chi connectivity index (χ2v) is 9.43. The van der Waals surface area contributed by atoms with E-state index < -0.39 is 14.4 Å². The van der Waals surface area contributed by atoms with Crippen molar-refractivity contribution in [2.24, 2.45) is 10.0 Å². The van der Waals surface area contributed by atoms with Crippen LogP contribution in [0.3, 0.4) is 0 Å². The van der Waals surface area contributed by atoms with Gasteiger partial charge < -0.3 is 0 Å². The van der Waals surface area contributed by atoms with Gasteiger partial charge in [0.2, 0.25) is 0 Å². The third-order valence-electron chi connectivity index (χ3n) is 0.454. The highest BCUT2D eigenvalue weighted by Gasteiger charge is 2.01. The summed E-state index contributed by atoms with van der Waals surface area (Å²) in [4.78, 5) is 0. The molecule has 5 heteroatoms. The van der Waals surface area contributed by atoms with E-state index in [-0.39, 0.29) is 0 Å². The molecule has 3 N–H and O–H groups in total. The predicted octanol–water partition coefficient (Wildman–Crippen LogP) is 2.28. The standard InChI is InChI=1S/C4H15N3P2/c1-8(2,5)7-9(3,4)6/h5H,6H2,1-4H3. The van der Waals surface area contributed by atoms with Gasteiger partial charge in [0.05, 0.1) is 7.21 Å². The lowest BCUT2D eigenvalue weighted by Crippen LogP contribution is -1.88. The van der Waals surface area contributed by atoms with Crippen LogP contribution in [0.25, 0.3) is 0 Å². The first-order valence-corrected chi connectivity index (χ1v) is 8.01. The van der Waals surface area contributed by atoms with E-state index in [0.717, 1.165) is 0 Å². The molecule has 0 bridgehead atoms. The van der Waals surface area contributed by atoms with Crippen LogP contribution >= 0.6 is 14.4 Å². The Bertz CT molecular complexity index is 176. The molecule has 0 atom stereocenters. The van der Waals surface area contributed by atoms with Gasteiger partial charge in [0.15, 0.2) is 0 Å². The summed E-state index contributed by atoms with van der Waals surface area (Å²) in [6, 6.07) is 0. The molecule has 0 radical (unpaired) electrons. The zero-order chi connectivity index (χ0) is 7.71. The van der Waals surface area contributed by atoms with E-state index in [1.165, 1.54) is 0 Å². The number of nitrogens with two attached hydrogens (primary N) is 1. The molecule has 0 aliphatic heterocycles. The third kappa shape index (κ3) is 8.42. The lowest BCUT2D eigenvalue weighted by molar-refractivity contribution is 1.54. The largest absolute Gasteiger partial charge is 0.297 e. The molecule has 0 aliphatic carbocycles. The Morgan fingerprint density at radius 3 is 1.56 bits per heavy atom. The molecule has 0 aromatic carbocycles. The average molecular weight is 167 g/mol. The van der Waals surface area contributed by atoms with Gasteiger partial charge in [0.1, 0.15) is 0 Å². The topological polar surface area (TPSA) is 62.2 Å². The molecule has 0 amide bonds. The van der Waals surface area contributed by atoms with Gasteiger partial charge in [-0.15, -0.1) is 0 Å². The minimum Gasteiger partial charge on any atom is -0.297 e. The van der Waals surface area contributed by atoms with Crippen LogP contribution in [0.15, 0.2) is 4.52 Å². The maximum absolute atomic E-state index is 7.48. The molecule has 0 unspecified atom stereocenters. The van der Waals surface area contributed by atoms with Crippen LogP contribution in [0.4, 0.5) is 0 Å². The first kappa shape index (κ1) is 9.42. The molecule has 0 aromatic rings. The summed E-state index contributed by atoms with van der Waals surface area (Å²) in [7, 11) is -3.29. The summed E-state index contributed by atoms with van der Waals surface area (Å²) in [6.07, 6.45) is 0. The van der Waals surface area contributed by atoms with Gasteiger partial charge in [-0.25, -0.2) is 0 Å². The summed E-state index contributed by atoms with van der Waals surface area (Å²) in [6.45, 7) is 7.54. The van der Waals surface area contributed by atoms with Gasteiger partial charge in [0.25, 0.3) is 0 Å². The second kappa shape index (κ2) is 2.57. The number of rotatable bonds is 1. The van der Waals surface area contributed by atoms with Gasteiger partial charge in [-0.1, -0.05) is 0 Å². The van der Waals surface area contributed by atoms with Crippen molar-refractivity contribution in [3.05, 3.63) is 0 Å². The summed E-state index contributed by atoms with van der Waals surface area (Å²) >= 11 is 0. The smallest absolute Gasteiger partial charge is 0.0649 e. The monoisotopic (exact) mass is 167 g/mol. The highest BCUT2D eigenvalue weighted by atomic mass is 31.2. The maximum Gasteiger partial charge on any atom is 0.0649 e. The SMILES string of the molecule is CP(C)(=N)N=P(C)(C)N. The van der Waals surface area contributed by atoms with E-state index in [1.807, 2.05) is 26.7 Å². The van der Waals surface area contributed by atoms with Crippen LogP contribution in [0.1, 0.15) is 0 Å². The summed E-state index contributed by atoms with van der Waals surface area (Å²) in [5.74, 6) is 0. The van der Waals surface area contributed by atoms with Gasteiger partial charge in [0, 0.05) is 7.21 Å². The molecule has 0 saturated heterocycles. The molecular weight excluding hydrogens is 152 g/mol. The first-order chi connectivity index (χ1) is 3.71. The fraction of sp³-hybridized carbons (Fsp3) is 1.00. The lowest BCUT2D eigenvalue weighted by Gasteiger charge is -2.11.